The van der Waals surface area contributed by atoms with E-state index in [0.29, 0.717) is 17.9 Å². The maximum atomic E-state index is 13.4. The molecule has 0 radical (unpaired) electrons. The fourth-order valence-electron chi connectivity index (χ4n) is 2.99. The Balaban J connectivity index is 2.11. The van der Waals surface area contributed by atoms with Gasteiger partial charge >= 0.3 is 0 Å². The highest BCUT2D eigenvalue weighted by atomic mass is 32.2. The third-order valence-electron chi connectivity index (χ3n) is 4.49. The van der Waals surface area contributed by atoms with E-state index in [9.17, 15) is 18.1 Å². The topological polar surface area (TPSA) is 79.2 Å². The molecule has 3 rings (SSSR count). The number of rotatable bonds is 6. The third-order valence-corrected chi connectivity index (χ3v) is 5.62. The monoisotopic (exact) mass is 412 g/mol. The van der Waals surface area contributed by atoms with E-state index in [1.807, 2.05) is 6.92 Å². The van der Waals surface area contributed by atoms with E-state index in [2.05, 4.69) is 11.4 Å². The van der Waals surface area contributed by atoms with Gasteiger partial charge in [0.05, 0.1) is 17.2 Å². The van der Waals surface area contributed by atoms with Crippen molar-refractivity contribution in [3.8, 4) is 6.07 Å². The molecule has 1 aliphatic heterocycles. The summed E-state index contributed by atoms with van der Waals surface area (Å²) in [5.41, 5.74) is 1.43. The first kappa shape index (κ1) is 20.8. The van der Waals surface area contributed by atoms with E-state index in [4.69, 9.17) is 4.74 Å². The zero-order valence-electron chi connectivity index (χ0n) is 16.1. The predicted octanol–water partition coefficient (Wildman–Crippen LogP) is 3.90. The van der Waals surface area contributed by atoms with Gasteiger partial charge in [-0.05, 0) is 60.0 Å². The van der Waals surface area contributed by atoms with E-state index in [-0.39, 0.29) is 10.7 Å². The highest BCUT2D eigenvalue weighted by molar-refractivity contribution is 7.90. The number of sulfone groups is 1. The van der Waals surface area contributed by atoms with Gasteiger partial charge in [0.2, 0.25) is 5.72 Å². The standard InChI is InChI=1S/C22H21FN2O3S/c1-3-14-28-22(15-24)13-12-20(16-6-10-19(11-7-16)29(2,26)27)21(25-22)17-4-8-18(23)9-5-17/h4-13,25H,3,14H2,1-2H3. The van der Waals surface area contributed by atoms with Crippen molar-refractivity contribution in [1.29, 1.82) is 5.26 Å². The minimum Gasteiger partial charge on any atom is -0.341 e. The lowest BCUT2D eigenvalue weighted by Crippen LogP contribution is -2.45. The Morgan fingerprint density at radius 1 is 1.10 bits per heavy atom. The molecule has 0 amide bonds. The van der Waals surface area contributed by atoms with Crippen LogP contribution in [0.3, 0.4) is 0 Å². The quantitative estimate of drug-likeness (QED) is 0.778. The largest absolute Gasteiger partial charge is 0.341 e. The third kappa shape index (κ3) is 4.56. The lowest BCUT2D eigenvalue weighted by atomic mass is 9.94. The SMILES string of the molecule is CCCOC1(C#N)C=CC(c2ccc(S(C)(=O)=O)cc2)=C(c2ccc(F)cc2)N1. The Morgan fingerprint density at radius 3 is 2.28 bits per heavy atom. The van der Waals surface area contributed by atoms with Crippen molar-refractivity contribution in [1.82, 2.24) is 5.32 Å². The van der Waals surface area contributed by atoms with Gasteiger partial charge in [0.1, 0.15) is 11.9 Å². The molecular formula is C22H21FN2O3S. The minimum atomic E-state index is -3.31. The Hall–Kier alpha value is -2.95. The lowest BCUT2D eigenvalue weighted by molar-refractivity contribution is 0.0204. The summed E-state index contributed by atoms with van der Waals surface area (Å²) in [5.74, 6) is -0.367. The van der Waals surface area contributed by atoms with Crippen molar-refractivity contribution in [3.63, 3.8) is 0 Å². The number of benzene rings is 2. The molecule has 2 aromatic carbocycles. The molecule has 7 heteroatoms. The normalized spacial score (nSPS) is 19.0. The second kappa shape index (κ2) is 8.19. The van der Waals surface area contributed by atoms with Crippen LogP contribution in [0.2, 0.25) is 0 Å². The van der Waals surface area contributed by atoms with Crippen LogP contribution in [0.5, 0.6) is 0 Å². The molecule has 0 saturated carbocycles. The Kier molecular flexibility index (Phi) is 5.87. The zero-order valence-corrected chi connectivity index (χ0v) is 17.0. The summed E-state index contributed by atoms with van der Waals surface area (Å²) in [6.07, 6.45) is 5.30. The molecule has 5 nitrogen and oxygen atoms in total. The van der Waals surface area contributed by atoms with Gasteiger partial charge in [-0.1, -0.05) is 25.1 Å². The van der Waals surface area contributed by atoms with Crippen LogP contribution in [-0.2, 0) is 14.6 Å². The number of hydrogen-bond acceptors (Lipinski definition) is 5. The Bertz CT molecular complexity index is 1100. The maximum Gasteiger partial charge on any atom is 0.248 e. The molecule has 29 heavy (non-hydrogen) atoms. The summed E-state index contributed by atoms with van der Waals surface area (Å²) >= 11 is 0. The van der Waals surface area contributed by atoms with Crippen molar-refractivity contribution in [2.75, 3.05) is 12.9 Å². The molecule has 0 bridgehead atoms. The number of halogens is 1. The molecule has 150 valence electrons. The molecule has 1 heterocycles. The fraction of sp³-hybridized carbons (Fsp3) is 0.227. The van der Waals surface area contributed by atoms with Crippen molar-refractivity contribution >= 4 is 21.1 Å². The van der Waals surface area contributed by atoms with Gasteiger partial charge in [-0.2, -0.15) is 5.26 Å². The van der Waals surface area contributed by atoms with Crippen LogP contribution >= 0.6 is 0 Å². The van der Waals surface area contributed by atoms with E-state index in [0.717, 1.165) is 23.8 Å². The smallest absolute Gasteiger partial charge is 0.248 e. The lowest BCUT2D eigenvalue weighted by Gasteiger charge is -2.32. The molecule has 0 fully saturated rings. The summed E-state index contributed by atoms with van der Waals surface area (Å²) < 4.78 is 42.6. The molecule has 0 aliphatic carbocycles. The van der Waals surface area contributed by atoms with Gasteiger partial charge < -0.3 is 10.1 Å². The molecule has 0 saturated heterocycles. The van der Waals surface area contributed by atoms with Crippen LogP contribution in [0, 0.1) is 17.1 Å². The van der Waals surface area contributed by atoms with Gasteiger partial charge in [0, 0.05) is 11.8 Å². The summed E-state index contributed by atoms with van der Waals surface area (Å²) in [6, 6.07) is 14.5. The first-order valence-corrected chi connectivity index (χ1v) is 11.0. The maximum absolute atomic E-state index is 13.4. The molecule has 1 aliphatic rings. The molecule has 1 atom stereocenters. The average molecular weight is 412 g/mol. The number of ether oxygens (including phenoxy) is 1. The second-order valence-corrected chi connectivity index (χ2v) is 8.76. The van der Waals surface area contributed by atoms with Gasteiger partial charge in [0.25, 0.3) is 0 Å². The van der Waals surface area contributed by atoms with Crippen LogP contribution in [0.4, 0.5) is 4.39 Å². The van der Waals surface area contributed by atoms with E-state index in [1.165, 1.54) is 24.3 Å². The number of nitriles is 1. The number of hydrogen-bond donors (Lipinski definition) is 1. The highest BCUT2D eigenvalue weighted by Gasteiger charge is 2.33. The molecule has 1 N–H and O–H groups in total. The van der Waals surface area contributed by atoms with Crippen LogP contribution in [-0.4, -0.2) is 27.0 Å². The van der Waals surface area contributed by atoms with Crippen molar-refractivity contribution in [2.45, 2.75) is 24.0 Å². The number of dihydropyridines is 1. The van der Waals surface area contributed by atoms with E-state index >= 15 is 0 Å². The molecule has 0 spiro atoms. The van der Waals surface area contributed by atoms with Gasteiger partial charge in [0.15, 0.2) is 9.84 Å². The molecular weight excluding hydrogens is 391 g/mol. The fourth-order valence-corrected chi connectivity index (χ4v) is 3.62. The van der Waals surface area contributed by atoms with E-state index in [1.54, 1.807) is 36.4 Å². The van der Waals surface area contributed by atoms with Crippen LogP contribution in [0.25, 0.3) is 11.3 Å². The number of nitrogens with one attached hydrogen (secondary N) is 1. The average Bonchev–Trinajstić information content (AvgIpc) is 2.72. The zero-order chi connectivity index (χ0) is 21.1. The highest BCUT2D eigenvalue weighted by Crippen LogP contribution is 2.33. The van der Waals surface area contributed by atoms with Crippen LogP contribution in [0.15, 0.2) is 65.6 Å². The Labute approximate surface area is 170 Å². The summed E-state index contributed by atoms with van der Waals surface area (Å²) in [7, 11) is -3.31. The molecule has 0 aromatic heterocycles. The van der Waals surface area contributed by atoms with Gasteiger partial charge in [-0.25, -0.2) is 12.8 Å². The van der Waals surface area contributed by atoms with Crippen molar-refractivity contribution < 1.29 is 17.5 Å². The van der Waals surface area contributed by atoms with Gasteiger partial charge in [-0.15, -0.1) is 0 Å². The summed E-state index contributed by atoms with van der Waals surface area (Å²) in [4.78, 5) is 0.218. The van der Waals surface area contributed by atoms with Crippen molar-refractivity contribution in [3.05, 3.63) is 77.6 Å². The number of nitrogens with zero attached hydrogens (tertiary/aromatic N) is 1. The van der Waals surface area contributed by atoms with Crippen LogP contribution < -0.4 is 5.32 Å². The van der Waals surface area contributed by atoms with E-state index < -0.39 is 15.6 Å². The Morgan fingerprint density at radius 2 is 1.72 bits per heavy atom. The minimum absolute atomic E-state index is 0.218. The van der Waals surface area contributed by atoms with Gasteiger partial charge in [-0.3, -0.25) is 0 Å². The first-order valence-electron chi connectivity index (χ1n) is 9.11. The first-order chi connectivity index (χ1) is 13.8. The predicted molar refractivity (Wildman–Crippen MR) is 110 cm³/mol. The number of allylic oxidation sites excluding steroid dienone is 2. The summed E-state index contributed by atoms with van der Waals surface area (Å²) in [5, 5.41) is 12.9. The molecule has 1 unspecified atom stereocenters. The van der Waals surface area contributed by atoms with Crippen LogP contribution in [0.1, 0.15) is 24.5 Å². The van der Waals surface area contributed by atoms with Crippen molar-refractivity contribution in [2.24, 2.45) is 0 Å². The molecule has 2 aromatic rings. The summed E-state index contributed by atoms with van der Waals surface area (Å²) in [6.45, 7) is 2.34. The second-order valence-electron chi connectivity index (χ2n) is 6.75.